The number of thiocarbonyl (C=S) groups is 1. The fraction of sp³-hybridized carbons (Fsp3) is 0.188. The molecule has 0 bridgehead atoms. The summed E-state index contributed by atoms with van der Waals surface area (Å²) in [7, 11) is 0. The number of nitrogens with two attached hydrogens (primary N) is 1. The molecular weight excluding hydrogens is 287 g/mol. The third kappa shape index (κ3) is 4.43. The Morgan fingerprint density at radius 1 is 1.29 bits per heavy atom. The minimum absolute atomic E-state index is 0.184. The standard InChI is InChI=1S/C16H17FN2OS/c1-11-3-2-4-13(9-11)20-8-7-19-15-6-5-12(16(18)21)10-14(15)17/h2-6,9-10,19H,7-8H2,1H3,(H2,18,21). The molecule has 0 fully saturated rings. The second-order valence-electron chi connectivity index (χ2n) is 4.65. The van der Waals surface area contributed by atoms with Crippen molar-refractivity contribution in [2.75, 3.05) is 18.5 Å². The zero-order chi connectivity index (χ0) is 15.2. The normalized spacial score (nSPS) is 10.2. The molecule has 0 spiro atoms. The first-order valence-electron chi connectivity index (χ1n) is 6.59. The van der Waals surface area contributed by atoms with E-state index in [-0.39, 0.29) is 10.8 Å². The van der Waals surface area contributed by atoms with Gasteiger partial charge in [0.2, 0.25) is 0 Å². The third-order valence-electron chi connectivity index (χ3n) is 2.93. The van der Waals surface area contributed by atoms with Gasteiger partial charge in [-0.05, 0) is 42.8 Å². The molecule has 2 aromatic rings. The van der Waals surface area contributed by atoms with E-state index < -0.39 is 0 Å². The maximum Gasteiger partial charge on any atom is 0.146 e. The summed E-state index contributed by atoms with van der Waals surface area (Å²) >= 11 is 4.81. The lowest BCUT2D eigenvalue weighted by atomic mass is 10.2. The zero-order valence-electron chi connectivity index (χ0n) is 11.7. The number of benzene rings is 2. The third-order valence-corrected chi connectivity index (χ3v) is 3.17. The van der Waals surface area contributed by atoms with Crippen LogP contribution >= 0.6 is 12.2 Å². The lowest BCUT2D eigenvalue weighted by Crippen LogP contribution is -2.14. The van der Waals surface area contributed by atoms with Gasteiger partial charge in [-0.2, -0.15) is 0 Å². The SMILES string of the molecule is Cc1cccc(OCCNc2ccc(C(N)=S)cc2F)c1. The number of nitrogens with one attached hydrogen (secondary N) is 1. The number of aryl methyl sites for hydroxylation is 1. The Bertz CT molecular complexity index is 646. The van der Waals surface area contributed by atoms with Crippen LogP contribution in [0.2, 0.25) is 0 Å². The van der Waals surface area contributed by atoms with Crippen molar-refractivity contribution >= 4 is 22.9 Å². The van der Waals surface area contributed by atoms with E-state index in [1.54, 1.807) is 12.1 Å². The van der Waals surface area contributed by atoms with Crippen molar-refractivity contribution < 1.29 is 9.13 Å². The second-order valence-corrected chi connectivity index (χ2v) is 5.09. The fourth-order valence-corrected chi connectivity index (χ4v) is 2.00. The van der Waals surface area contributed by atoms with E-state index >= 15 is 0 Å². The molecule has 0 aromatic heterocycles. The second kappa shape index (κ2) is 7.04. The number of rotatable bonds is 6. The van der Waals surface area contributed by atoms with Crippen LogP contribution in [0, 0.1) is 12.7 Å². The Morgan fingerprint density at radius 2 is 2.10 bits per heavy atom. The van der Waals surface area contributed by atoms with Crippen LogP contribution in [-0.2, 0) is 0 Å². The van der Waals surface area contributed by atoms with Crippen LogP contribution in [0.3, 0.4) is 0 Å². The minimum Gasteiger partial charge on any atom is -0.492 e. The highest BCUT2D eigenvalue weighted by molar-refractivity contribution is 7.80. The van der Waals surface area contributed by atoms with Crippen molar-refractivity contribution in [2.45, 2.75) is 6.92 Å². The van der Waals surface area contributed by atoms with Crippen LogP contribution in [0.5, 0.6) is 5.75 Å². The van der Waals surface area contributed by atoms with Gasteiger partial charge in [-0.1, -0.05) is 24.4 Å². The molecule has 5 heteroatoms. The van der Waals surface area contributed by atoms with Crippen LogP contribution in [0.15, 0.2) is 42.5 Å². The minimum atomic E-state index is -0.379. The molecule has 2 aromatic carbocycles. The van der Waals surface area contributed by atoms with E-state index in [1.807, 2.05) is 31.2 Å². The maximum atomic E-state index is 13.8. The molecule has 0 amide bonds. The monoisotopic (exact) mass is 304 g/mol. The molecule has 110 valence electrons. The summed E-state index contributed by atoms with van der Waals surface area (Å²) < 4.78 is 19.4. The summed E-state index contributed by atoms with van der Waals surface area (Å²) in [4.78, 5) is 0.184. The number of anilines is 1. The van der Waals surface area contributed by atoms with Crippen molar-refractivity contribution in [3.8, 4) is 5.75 Å². The van der Waals surface area contributed by atoms with E-state index in [2.05, 4.69) is 5.32 Å². The van der Waals surface area contributed by atoms with E-state index in [0.29, 0.717) is 24.4 Å². The van der Waals surface area contributed by atoms with Gasteiger partial charge in [0, 0.05) is 12.1 Å². The molecule has 0 aliphatic carbocycles. The topological polar surface area (TPSA) is 47.3 Å². The fourth-order valence-electron chi connectivity index (χ4n) is 1.87. The number of ether oxygens (including phenoxy) is 1. The van der Waals surface area contributed by atoms with E-state index in [1.165, 1.54) is 6.07 Å². The lowest BCUT2D eigenvalue weighted by Gasteiger charge is -2.10. The van der Waals surface area contributed by atoms with Crippen LogP contribution < -0.4 is 15.8 Å². The summed E-state index contributed by atoms with van der Waals surface area (Å²) in [6.45, 7) is 2.95. The first kappa shape index (κ1) is 15.3. The average molecular weight is 304 g/mol. The Kier molecular flexibility index (Phi) is 5.11. The van der Waals surface area contributed by atoms with Crippen molar-refractivity contribution in [3.63, 3.8) is 0 Å². The van der Waals surface area contributed by atoms with Crippen LogP contribution in [0.1, 0.15) is 11.1 Å². The predicted octanol–water partition coefficient (Wildman–Crippen LogP) is 3.26. The molecule has 3 nitrogen and oxygen atoms in total. The molecule has 0 heterocycles. The maximum absolute atomic E-state index is 13.8. The van der Waals surface area contributed by atoms with E-state index in [0.717, 1.165) is 11.3 Å². The highest BCUT2D eigenvalue weighted by Crippen LogP contribution is 2.16. The molecule has 0 atom stereocenters. The van der Waals surface area contributed by atoms with Crippen LogP contribution in [0.25, 0.3) is 0 Å². The molecule has 2 rings (SSSR count). The Labute approximate surface area is 128 Å². The Balaban J connectivity index is 1.85. The highest BCUT2D eigenvalue weighted by atomic mass is 32.1. The smallest absolute Gasteiger partial charge is 0.146 e. The van der Waals surface area contributed by atoms with Gasteiger partial charge in [-0.25, -0.2) is 4.39 Å². The summed E-state index contributed by atoms with van der Waals surface area (Å²) in [6, 6.07) is 12.4. The average Bonchev–Trinajstić information content (AvgIpc) is 2.45. The van der Waals surface area contributed by atoms with Crippen LogP contribution in [0.4, 0.5) is 10.1 Å². The van der Waals surface area contributed by atoms with Gasteiger partial charge in [-0.3, -0.25) is 0 Å². The van der Waals surface area contributed by atoms with Crippen molar-refractivity contribution in [2.24, 2.45) is 5.73 Å². The van der Waals surface area contributed by atoms with Gasteiger partial charge >= 0.3 is 0 Å². The van der Waals surface area contributed by atoms with Gasteiger partial charge in [0.15, 0.2) is 0 Å². The number of halogens is 1. The zero-order valence-corrected chi connectivity index (χ0v) is 12.5. The molecule has 3 N–H and O–H groups in total. The van der Waals surface area contributed by atoms with Gasteiger partial charge in [-0.15, -0.1) is 0 Å². The molecular formula is C16H17FN2OS. The number of hydrogen-bond acceptors (Lipinski definition) is 3. The number of hydrogen-bond donors (Lipinski definition) is 2. The van der Waals surface area contributed by atoms with Crippen molar-refractivity contribution in [3.05, 3.63) is 59.4 Å². The molecule has 0 saturated carbocycles. The summed E-state index contributed by atoms with van der Waals surface area (Å²) in [5.41, 5.74) is 7.52. The first-order chi connectivity index (χ1) is 10.1. The van der Waals surface area contributed by atoms with Crippen molar-refractivity contribution in [1.82, 2.24) is 0 Å². The van der Waals surface area contributed by atoms with Crippen molar-refractivity contribution in [1.29, 1.82) is 0 Å². The molecule has 0 saturated heterocycles. The van der Waals surface area contributed by atoms with Gasteiger partial charge in [0.25, 0.3) is 0 Å². The van der Waals surface area contributed by atoms with E-state index in [9.17, 15) is 4.39 Å². The molecule has 0 unspecified atom stereocenters. The summed E-state index contributed by atoms with van der Waals surface area (Å²) in [5.74, 6) is 0.428. The van der Waals surface area contributed by atoms with E-state index in [4.69, 9.17) is 22.7 Å². The van der Waals surface area contributed by atoms with Gasteiger partial charge in [0.1, 0.15) is 23.2 Å². The molecule has 0 aliphatic heterocycles. The predicted molar refractivity (Wildman–Crippen MR) is 87.5 cm³/mol. The molecule has 0 radical (unpaired) electrons. The highest BCUT2D eigenvalue weighted by Gasteiger charge is 2.04. The summed E-state index contributed by atoms with van der Waals surface area (Å²) in [5, 5.41) is 2.98. The quantitative estimate of drug-likeness (QED) is 0.635. The van der Waals surface area contributed by atoms with Crippen LogP contribution in [-0.4, -0.2) is 18.1 Å². The summed E-state index contributed by atoms with van der Waals surface area (Å²) in [6.07, 6.45) is 0. The molecule has 0 aliphatic rings. The largest absolute Gasteiger partial charge is 0.492 e. The molecule has 21 heavy (non-hydrogen) atoms. The lowest BCUT2D eigenvalue weighted by molar-refractivity contribution is 0.332. The van der Waals surface area contributed by atoms with Gasteiger partial charge < -0.3 is 15.8 Å². The Morgan fingerprint density at radius 3 is 2.76 bits per heavy atom. The first-order valence-corrected chi connectivity index (χ1v) is 7.00. The Hall–Kier alpha value is -2.14. The van der Waals surface area contributed by atoms with Gasteiger partial charge in [0.05, 0.1) is 5.69 Å².